The van der Waals surface area contributed by atoms with Crippen molar-refractivity contribution in [3.8, 4) is 5.75 Å². The van der Waals surface area contributed by atoms with Gasteiger partial charge in [-0.15, -0.1) is 0 Å². The minimum atomic E-state index is 0.129. The number of ether oxygens (including phenoxy) is 1. The molecule has 0 spiro atoms. The van der Waals surface area contributed by atoms with Gasteiger partial charge in [0.2, 0.25) is 0 Å². The Morgan fingerprint density at radius 1 is 1.28 bits per heavy atom. The normalized spacial score (nSPS) is 30.7. The number of fused-ring (bicyclic) bond motifs is 1. The summed E-state index contributed by atoms with van der Waals surface area (Å²) in [6, 6.07) is 6.48. The van der Waals surface area contributed by atoms with Crippen molar-refractivity contribution < 1.29 is 4.74 Å². The number of allylic oxidation sites excluding steroid dienone is 2. The molecule has 1 aliphatic carbocycles. The van der Waals surface area contributed by atoms with Crippen molar-refractivity contribution in [1.29, 1.82) is 0 Å². The molecule has 1 aromatic carbocycles. The summed E-state index contributed by atoms with van der Waals surface area (Å²) in [5.41, 5.74) is 8.75. The van der Waals surface area contributed by atoms with Crippen molar-refractivity contribution in [2.24, 2.45) is 11.7 Å². The monoisotopic (exact) mass is 243 g/mol. The van der Waals surface area contributed by atoms with Crippen molar-refractivity contribution >= 4 is 0 Å². The van der Waals surface area contributed by atoms with Crippen molar-refractivity contribution in [3.63, 3.8) is 0 Å². The number of hydrogen-bond acceptors (Lipinski definition) is 2. The molecule has 2 aliphatic rings. The fourth-order valence-electron chi connectivity index (χ4n) is 3.10. The van der Waals surface area contributed by atoms with Crippen molar-refractivity contribution in [2.75, 3.05) is 0 Å². The highest BCUT2D eigenvalue weighted by atomic mass is 16.5. The standard InChI is InChI=1S/C16H21NO/c1-11-7-8-15-13(9-11)14(17)10-16(18-15)12-5-3-2-4-6-12/h2-3,7-9,12,14,16H,4-6,10,17H2,1H3/t12?,14-,16?/m0/s1. The Bertz CT molecular complexity index is 466. The van der Waals surface area contributed by atoms with E-state index in [1.54, 1.807) is 0 Å². The van der Waals surface area contributed by atoms with Gasteiger partial charge in [0.15, 0.2) is 0 Å². The molecular weight excluding hydrogens is 222 g/mol. The van der Waals surface area contributed by atoms with Crippen molar-refractivity contribution in [1.82, 2.24) is 0 Å². The van der Waals surface area contributed by atoms with Crippen LogP contribution in [-0.2, 0) is 0 Å². The van der Waals surface area contributed by atoms with Gasteiger partial charge in [-0.2, -0.15) is 0 Å². The van der Waals surface area contributed by atoms with E-state index in [4.69, 9.17) is 10.5 Å². The molecule has 0 fully saturated rings. The molecule has 0 aromatic heterocycles. The molecule has 0 radical (unpaired) electrons. The third-order valence-electron chi connectivity index (χ3n) is 4.16. The molecule has 3 rings (SSSR count). The molecule has 96 valence electrons. The number of aryl methyl sites for hydroxylation is 1. The van der Waals surface area contributed by atoms with Gasteiger partial charge in [-0.1, -0.05) is 29.8 Å². The van der Waals surface area contributed by atoms with Crippen LogP contribution < -0.4 is 10.5 Å². The van der Waals surface area contributed by atoms with Crippen LogP contribution >= 0.6 is 0 Å². The Kier molecular flexibility index (Phi) is 3.13. The maximum absolute atomic E-state index is 6.31. The lowest BCUT2D eigenvalue weighted by atomic mass is 9.83. The molecule has 2 N–H and O–H groups in total. The van der Waals surface area contributed by atoms with Gasteiger partial charge in [-0.05, 0) is 38.2 Å². The molecule has 2 heteroatoms. The van der Waals surface area contributed by atoms with Crippen LogP contribution in [0.1, 0.15) is 42.9 Å². The molecule has 0 saturated carbocycles. The van der Waals surface area contributed by atoms with Gasteiger partial charge in [0, 0.05) is 18.0 Å². The van der Waals surface area contributed by atoms with Crippen LogP contribution in [-0.4, -0.2) is 6.10 Å². The first-order valence-electron chi connectivity index (χ1n) is 6.92. The van der Waals surface area contributed by atoms with E-state index in [1.165, 1.54) is 24.0 Å². The maximum atomic E-state index is 6.31. The smallest absolute Gasteiger partial charge is 0.124 e. The zero-order chi connectivity index (χ0) is 12.5. The van der Waals surface area contributed by atoms with Gasteiger partial charge in [0.25, 0.3) is 0 Å². The Hall–Kier alpha value is -1.28. The minimum absolute atomic E-state index is 0.129. The zero-order valence-electron chi connectivity index (χ0n) is 10.9. The van der Waals surface area contributed by atoms with E-state index in [0.29, 0.717) is 12.0 Å². The molecule has 3 atom stereocenters. The van der Waals surface area contributed by atoms with Gasteiger partial charge < -0.3 is 10.5 Å². The number of hydrogen-bond donors (Lipinski definition) is 1. The summed E-state index contributed by atoms with van der Waals surface area (Å²) in [6.07, 6.45) is 9.35. The molecule has 0 saturated heterocycles. The van der Waals surface area contributed by atoms with Gasteiger partial charge in [-0.3, -0.25) is 0 Å². The SMILES string of the molecule is Cc1ccc2c(c1)[C@@H](N)CC(C1CC=CCC1)O2. The third-order valence-corrected chi connectivity index (χ3v) is 4.16. The van der Waals surface area contributed by atoms with E-state index in [-0.39, 0.29) is 6.04 Å². The Balaban J connectivity index is 1.82. The molecule has 0 amide bonds. The van der Waals surface area contributed by atoms with E-state index in [9.17, 15) is 0 Å². The van der Waals surface area contributed by atoms with Crippen LogP contribution in [0.4, 0.5) is 0 Å². The third kappa shape index (κ3) is 2.17. The quantitative estimate of drug-likeness (QED) is 0.766. The van der Waals surface area contributed by atoms with Crippen molar-refractivity contribution in [2.45, 2.75) is 44.8 Å². The summed E-state index contributed by atoms with van der Waals surface area (Å²) in [5.74, 6) is 1.63. The molecule has 1 aromatic rings. The number of rotatable bonds is 1. The maximum Gasteiger partial charge on any atom is 0.124 e. The average Bonchev–Trinajstić information content (AvgIpc) is 2.40. The first kappa shape index (κ1) is 11.8. The molecule has 2 nitrogen and oxygen atoms in total. The Labute approximate surface area is 109 Å². The summed E-state index contributed by atoms with van der Waals surface area (Å²) in [4.78, 5) is 0. The van der Waals surface area contributed by atoms with Gasteiger partial charge in [0.05, 0.1) is 0 Å². The second-order valence-corrected chi connectivity index (χ2v) is 5.58. The highest BCUT2D eigenvalue weighted by molar-refractivity contribution is 5.40. The molecule has 1 heterocycles. The average molecular weight is 243 g/mol. The van der Waals surface area contributed by atoms with E-state index in [0.717, 1.165) is 18.6 Å². The fraction of sp³-hybridized carbons (Fsp3) is 0.500. The lowest BCUT2D eigenvalue weighted by molar-refractivity contribution is 0.0937. The molecule has 0 bridgehead atoms. The molecule has 18 heavy (non-hydrogen) atoms. The summed E-state index contributed by atoms with van der Waals surface area (Å²) in [7, 11) is 0. The van der Waals surface area contributed by atoms with Gasteiger partial charge >= 0.3 is 0 Å². The predicted molar refractivity (Wildman–Crippen MR) is 73.6 cm³/mol. The number of benzene rings is 1. The van der Waals surface area contributed by atoms with Crippen LogP contribution in [0.2, 0.25) is 0 Å². The second kappa shape index (κ2) is 4.77. The second-order valence-electron chi connectivity index (χ2n) is 5.58. The molecule has 1 aliphatic heterocycles. The summed E-state index contributed by atoms with van der Waals surface area (Å²) in [6.45, 7) is 2.10. The highest BCUT2D eigenvalue weighted by Crippen LogP contribution is 2.38. The van der Waals surface area contributed by atoms with E-state index in [1.807, 2.05) is 0 Å². The fourth-order valence-corrected chi connectivity index (χ4v) is 3.10. The first-order chi connectivity index (χ1) is 8.74. The van der Waals surface area contributed by atoms with Crippen LogP contribution in [0, 0.1) is 12.8 Å². The van der Waals surface area contributed by atoms with Gasteiger partial charge in [-0.25, -0.2) is 0 Å². The largest absolute Gasteiger partial charge is 0.490 e. The summed E-state index contributed by atoms with van der Waals surface area (Å²) in [5, 5.41) is 0. The topological polar surface area (TPSA) is 35.2 Å². The van der Waals surface area contributed by atoms with Crippen LogP contribution in [0.25, 0.3) is 0 Å². The molecular formula is C16H21NO. The zero-order valence-corrected chi connectivity index (χ0v) is 10.9. The predicted octanol–water partition coefficient (Wildman–Crippen LogP) is 3.50. The first-order valence-corrected chi connectivity index (χ1v) is 6.92. The van der Waals surface area contributed by atoms with Crippen molar-refractivity contribution in [3.05, 3.63) is 41.5 Å². The lowest BCUT2D eigenvalue weighted by Gasteiger charge is -2.36. The van der Waals surface area contributed by atoms with Crippen LogP contribution in [0.15, 0.2) is 30.4 Å². The molecule has 2 unspecified atom stereocenters. The van der Waals surface area contributed by atoms with E-state index >= 15 is 0 Å². The van der Waals surface area contributed by atoms with Crippen LogP contribution in [0.3, 0.4) is 0 Å². The highest BCUT2D eigenvalue weighted by Gasteiger charge is 2.31. The Morgan fingerprint density at radius 2 is 2.17 bits per heavy atom. The van der Waals surface area contributed by atoms with E-state index in [2.05, 4.69) is 37.3 Å². The minimum Gasteiger partial charge on any atom is -0.490 e. The van der Waals surface area contributed by atoms with Gasteiger partial charge in [0.1, 0.15) is 11.9 Å². The van der Waals surface area contributed by atoms with Crippen LogP contribution in [0.5, 0.6) is 5.75 Å². The summed E-state index contributed by atoms with van der Waals surface area (Å²) >= 11 is 0. The van der Waals surface area contributed by atoms with E-state index < -0.39 is 0 Å². The summed E-state index contributed by atoms with van der Waals surface area (Å²) < 4.78 is 6.18. The Morgan fingerprint density at radius 3 is 2.94 bits per heavy atom. The number of nitrogens with two attached hydrogens (primary N) is 1. The lowest BCUT2D eigenvalue weighted by Crippen LogP contribution is -2.35.